The fraction of sp³-hybridized carbons (Fsp3) is 0.263. The second-order valence-corrected chi connectivity index (χ2v) is 6.22. The van der Waals surface area contributed by atoms with Crippen LogP contribution in [0.3, 0.4) is 0 Å². The Balaban J connectivity index is 2.13. The molecule has 3 heterocycles. The summed E-state index contributed by atoms with van der Waals surface area (Å²) >= 11 is 0. The van der Waals surface area contributed by atoms with E-state index in [4.69, 9.17) is 5.10 Å². The molecule has 0 fully saturated rings. The third-order valence-electron chi connectivity index (χ3n) is 4.04. The van der Waals surface area contributed by atoms with Crippen molar-refractivity contribution >= 4 is 22.2 Å². The molecular weight excluding hydrogens is 298 g/mol. The van der Waals surface area contributed by atoms with Crippen LogP contribution in [-0.2, 0) is 0 Å². The first-order chi connectivity index (χ1) is 11.4. The molecule has 122 valence electrons. The zero-order valence-corrected chi connectivity index (χ0v) is 14.5. The van der Waals surface area contributed by atoms with E-state index in [0.717, 1.165) is 44.8 Å². The molecule has 0 spiro atoms. The van der Waals surface area contributed by atoms with Crippen molar-refractivity contribution in [2.24, 2.45) is 0 Å². The average molecular weight is 319 g/mol. The van der Waals surface area contributed by atoms with Crippen LogP contribution in [0, 0.1) is 13.8 Å². The third kappa shape index (κ3) is 2.62. The molecule has 0 amide bonds. The van der Waals surface area contributed by atoms with Crippen molar-refractivity contribution in [3.63, 3.8) is 0 Å². The molecule has 0 aliphatic heterocycles. The van der Waals surface area contributed by atoms with Crippen molar-refractivity contribution in [3.05, 3.63) is 60.5 Å². The topological polar surface area (TPSA) is 56.5 Å². The molecule has 5 nitrogen and oxygen atoms in total. The highest BCUT2D eigenvalue weighted by atomic mass is 15.3. The summed E-state index contributed by atoms with van der Waals surface area (Å²) < 4.78 is 1.90. The summed E-state index contributed by atoms with van der Waals surface area (Å²) in [6.07, 6.45) is 3.40. The summed E-state index contributed by atoms with van der Waals surface area (Å²) in [6, 6.07) is 4.16. The van der Waals surface area contributed by atoms with Gasteiger partial charge >= 0.3 is 0 Å². The van der Waals surface area contributed by atoms with E-state index in [9.17, 15) is 0 Å². The van der Waals surface area contributed by atoms with E-state index in [0.29, 0.717) is 0 Å². The molecule has 0 aliphatic carbocycles. The van der Waals surface area contributed by atoms with E-state index in [2.05, 4.69) is 42.0 Å². The van der Waals surface area contributed by atoms with Crippen LogP contribution >= 0.6 is 0 Å². The number of fused-ring (bicyclic) bond motifs is 1. The van der Waals surface area contributed by atoms with Gasteiger partial charge in [-0.2, -0.15) is 5.10 Å². The second kappa shape index (κ2) is 6.00. The lowest BCUT2D eigenvalue weighted by Crippen LogP contribution is -2.04. The summed E-state index contributed by atoms with van der Waals surface area (Å²) in [5.74, 6) is 0. The van der Waals surface area contributed by atoms with Crippen LogP contribution in [0.5, 0.6) is 0 Å². The minimum absolute atomic E-state index is 0.189. The van der Waals surface area contributed by atoms with E-state index in [1.807, 2.05) is 36.9 Å². The SMILES string of the molecule is C=C(C(=C)c1nn(C(C)C)c2ncnc(C)c12)c1ccc(C)cn1. The van der Waals surface area contributed by atoms with Crippen LogP contribution in [0.15, 0.2) is 37.8 Å². The molecule has 0 aliphatic rings. The Bertz CT molecular complexity index is 932. The lowest BCUT2D eigenvalue weighted by atomic mass is 10.00. The normalized spacial score (nSPS) is 11.2. The largest absolute Gasteiger partial charge is 0.256 e. The van der Waals surface area contributed by atoms with Gasteiger partial charge in [0.2, 0.25) is 0 Å². The van der Waals surface area contributed by atoms with Crippen LogP contribution in [-0.4, -0.2) is 24.7 Å². The molecule has 3 aromatic heterocycles. The Labute approximate surface area is 141 Å². The van der Waals surface area contributed by atoms with Gasteiger partial charge in [-0.1, -0.05) is 19.2 Å². The van der Waals surface area contributed by atoms with Crippen LogP contribution in [0.2, 0.25) is 0 Å². The predicted molar refractivity (Wildman–Crippen MR) is 97.5 cm³/mol. The first-order valence-electron chi connectivity index (χ1n) is 7.91. The number of allylic oxidation sites excluding steroid dienone is 2. The molecule has 24 heavy (non-hydrogen) atoms. The Morgan fingerprint density at radius 2 is 1.79 bits per heavy atom. The zero-order chi connectivity index (χ0) is 17.4. The summed E-state index contributed by atoms with van der Waals surface area (Å²) in [4.78, 5) is 13.2. The number of nitrogens with zero attached hydrogens (tertiary/aromatic N) is 5. The van der Waals surface area contributed by atoms with E-state index >= 15 is 0 Å². The molecule has 0 atom stereocenters. The van der Waals surface area contributed by atoms with Gasteiger partial charge in [0, 0.05) is 23.4 Å². The summed E-state index contributed by atoms with van der Waals surface area (Å²) in [5, 5.41) is 5.66. The molecule has 5 heteroatoms. The number of pyridine rings is 1. The zero-order valence-electron chi connectivity index (χ0n) is 14.5. The van der Waals surface area contributed by atoms with Gasteiger partial charge in [0.1, 0.15) is 12.0 Å². The highest BCUT2D eigenvalue weighted by Crippen LogP contribution is 2.32. The molecule has 0 N–H and O–H groups in total. The van der Waals surface area contributed by atoms with Crippen LogP contribution < -0.4 is 0 Å². The number of rotatable bonds is 4. The highest BCUT2D eigenvalue weighted by molar-refractivity contribution is 6.07. The Morgan fingerprint density at radius 1 is 1.04 bits per heavy atom. The van der Waals surface area contributed by atoms with Gasteiger partial charge in [0.25, 0.3) is 0 Å². The van der Waals surface area contributed by atoms with E-state index in [1.54, 1.807) is 6.33 Å². The quantitative estimate of drug-likeness (QED) is 0.678. The second-order valence-electron chi connectivity index (χ2n) is 6.22. The fourth-order valence-corrected chi connectivity index (χ4v) is 2.63. The van der Waals surface area contributed by atoms with Crippen LogP contribution in [0.1, 0.15) is 42.5 Å². The Morgan fingerprint density at radius 3 is 2.42 bits per heavy atom. The van der Waals surface area contributed by atoms with Gasteiger partial charge in [-0.25, -0.2) is 14.6 Å². The van der Waals surface area contributed by atoms with E-state index in [1.165, 1.54) is 0 Å². The van der Waals surface area contributed by atoms with Crippen molar-refractivity contribution in [2.75, 3.05) is 0 Å². The average Bonchev–Trinajstić information content (AvgIpc) is 2.95. The molecule has 3 aromatic rings. The van der Waals surface area contributed by atoms with Gasteiger partial charge in [-0.15, -0.1) is 0 Å². The summed E-state index contributed by atoms with van der Waals surface area (Å²) in [7, 11) is 0. The lowest BCUT2D eigenvalue weighted by molar-refractivity contribution is 0.545. The fourth-order valence-electron chi connectivity index (χ4n) is 2.63. The van der Waals surface area contributed by atoms with Gasteiger partial charge in [-0.3, -0.25) is 4.98 Å². The van der Waals surface area contributed by atoms with Crippen molar-refractivity contribution in [3.8, 4) is 0 Å². The van der Waals surface area contributed by atoms with Gasteiger partial charge < -0.3 is 0 Å². The van der Waals surface area contributed by atoms with Crippen LogP contribution in [0.4, 0.5) is 0 Å². The monoisotopic (exact) mass is 319 g/mol. The third-order valence-corrected chi connectivity index (χ3v) is 4.04. The molecule has 0 bridgehead atoms. The summed E-state index contributed by atoms with van der Waals surface area (Å²) in [6.45, 7) is 16.5. The summed E-state index contributed by atoms with van der Waals surface area (Å²) in [5.41, 5.74) is 5.88. The molecule has 0 aromatic carbocycles. The molecular formula is C19H21N5. The predicted octanol–water partition coefficient (Wildman–Crippen LogP) is 4.15. The molecule has 0 radical (unpaired) electrons. The molecule has 3 rings (SSSR count). The van der Waals surface area contributed by atoms with E-state index < -0.39 is 0 Å². The van der Waals surface area contributed by atoms with Crippen LogP contribution in [0.25, 0.3) is 22.2 Å². The van der Waals surface area contributed by atoms with Crippen molar-refractivity contribution < 1.29 is 0 Å². The van der Waals surface area contributed by atoms with Gasteiger partial charge in [0.05, 0.1) is 16.8 Å². The number of hydrogen-bond acceptors (Lipinski definition) is 4. The van der Waals surface area contributed by atoms with E-state index in [-0.39, 0.29) is 6.04 Å². The van der Waals surface area contributed by atoms with Crippen molar-refractivity contribution in [2.45, 2.75) is 33.7 Å². The van der Waals surface area contributed by atoms with Crippen molar-refractivity contribution in [1.82, 2.24) is 24.7 Å². The lowest BCUT2D eigenvalue weighted by Gasteiger charge is -2.08. The Hall–Kier alpha value is -2.82. The number of aryl methyl sites for hydroxylation is 2. The molecule has 0 saturated heterocycles. The van der Waals surface area contributed by atoms with Gasteiger partial charge in [0.15, 0.2) is 5.65 Å². The number of hydrogen-bond donors (Lipinski definition) is 0. The smallest absolute Gasteiger partial charge is 0.162 e. The maximum atomic E-state index is 4.74. The minimum atomic E-state index is 0.189. The maximum Gasteiger partial charge on any atom is 0.162 e. The first kappa shape index (κ1) is 16.1. The minimum Gasteiger partial charge on any atom is -0.256 e. The maximum absolute atomic E-state index is 4.74. The highest BCUT2D eigenvalue weighted by Gasteiger charge is 2.20. The standard InChI is InChI=1S/C19H21N5/c1-11(2)24-19-17(15(6)21-10-22-19)18(23-24)14(5)13(4)16-8-7-12(3)9-20-16/h7-11H,4-5H2,1-3,6H3. The number of aromatic nitrogens is 5. The Kier molecular flexibility index (Phi) is 4.01. The van der Waals surface area contributed by atoms with Crippen molar-refractivity contribution in [1.29, 1.82) is 0 Å². The first-order valence-corrected chi connectivity index (χ1v) is 7.91. The van der Waals surface area contributed by atoms with Gasteiger partial charge in [-0.05, 0) is 39.3 Å². The molecule has 0 unspecified atom stereocenters. The molecule has 0 saturated carbocycles.